The number of ketones is 1. The first-order valence-corrected chi connectivity index (χ1v) is 10.9. The molecule has 0 aromatic heterocycles. The van der Waals surface area contributed by atoms with Gasteiger partial charge < -0.3 is 15.1 Å². The van der Waals surface area contributed by atoms with E-state index in [9.17, 15) is 14.4 Å². The molecular weight excluding hydrogens is 428 g/mol. The average Bonchev–Trinajstić information content (AvgIpc) is 2.75. The van der Waals surface area contributed by atoms with Crippen LogP contribution in [-0.2, 0) is 9.59 Å². The highest BCUT2D eigenvalue weighted by molar-refractivity contribution is 7.99. The van der Waals surface area contributed by atoms with Crippen LogP contribution in [0.25, 0.3) is 0 Å². The summed E-state index contributed by atoms with van der Waals surface area (Å²) in [7, 11) is 4.19. The normalized spacial score (nSPS) is 12.6. The van der Waals surface area contributed by atoms with Gasteiger partial charge in [0.1, 0.15) is 0 Å². The van der Waals surface area contributed by atoms with Crippen molar-refractivity contribution in [3.8, 4) is 0 Å². The zero-order chi connectivity index (χ0) is 24.1. The van der Waals surface area contributed by atoms with Gasteiger partial charge >= 0.3 is 11.9 Å². The van der Waals surface area contributed by atoms with Crippen molar-refractivity contribution in [1.29, 1.82) is 0 Å². The molecule has 0 radical (unpaired) electrons. The van der Waals surface area contributed by atoms with Crippen LogP contribution in [0.3, 0.4) is 0 Å². The van der Waals surface area contributed by atoms with Gasteiger partial charge in [0.15, 0.2) is 5.78 Å². The Morgan fingerprint density at radius 1 is 0.969 bits per heavy atom. The molecule has 0 unspecified atom stereocenters. The minimum absolute atomic E-state index is 0.190. The number of nitrogens with zero attached hydrogens (tertiary/aromatic N) is 2. The lowest BCUT2D eigenvalue weighted by Gasteiger charge is -2.47. The molecule has 0 fully saturated rings. The second-order valence-electron chi connectivity index (χ2n) is 7.76. The van der Waals surface area contributed by atoms with Gasteiger partial charge in [-0.2, -0.15) is 0 Å². The third kappa shape index (κ3) is 5.77. The maximum Gasteiger partial charge on any atom is 0.328 e. The fourth-order valence-electron chi connectivity index (χ4n) is 3.07. The van der Waals surface area contributed by atoms with E-state index in [4.69, 9.17) is 10.2 Å². The van der Waals surface area contributed by atoms with Gasteiger partial charge in [0.2, 0.25) is 0 Å². The summed E-state index contributed by atoms with van der Waals surface area (Å²) in [4.78, 5) is 38.2. The van der Waals surface area contributed by atoms with Crippen LogP contribution in [0.4, 0.5) is 11.4 Å². The van der Waals surface area contributed by atoms with Gasteiger partial charge in [-0.15, -0.1) is 0 Å². The minimum Gasteiger partial charge on any atom is -0.478 e. The number of Topliss-reactive ketones (excluding diaryl/α,β-unsaturated/α-hetero) is 1. The van der Waals surface area contributed by atoms with Gasteiger partial charge in [-0.1, -0.05) is 30.8 Å². The number of rotatable bonds is 6. The summed E-state index contributed by atoms with van der Waals surface area (Å²) < 4.78 is 0. The quantitative estimate of drug-likeness (QED) is 0.468. The molecule has 170 valence electrons. The van der Waals surface area contributed by atoms with Gasteiger partial charge in [0.05, 0.1) is 17.0 Å². The molecule has 32 heavy (non-hydrogen) atoms. The second-order valence-corrected chi connectivity index (χ2v) is 8.85. The Labute approximate surface area is 192 Å². The van der Waals surface area contributed by atoms with Crippen molar-refractivity contribution < 1.29 is 24.6 Å². The zero-order valence-corrected chi connectivity index (χ0v) is 19.6. The summed E-state index contributed by atoms with van der Waals surface area (Å²) in [6.07, 6.45) is 1.65. The number of anilines is 2. The van der Waals surface area contributed by atoms with Gasteiger partial charge in [-0.05, 0) is 58.3 Å². The SMILES string of the molecule is CCC(=O)c1ccc2c(c1)Sc1ccccc1N2C(C)(C)N(C)C.O=C(O)/C=C\C(=O)O. The fourth-order valence-corrected chi connectivity index (χ4v) is 4.16. The van der Waals surface area contributed by atoms with Gasteiger partial charge in [0, 0.05) is 33.9 Å². The summed E-state index contributed by atoms with van der Waals surface area (Å²) >= 11 is 1.74. The number of hydrogen-bond acceptors (Lipinski definition) is 6. The Hall–Kier alpha value is -3.10. The predicted octanol–water partition coefficient (Wildman–Crippen LogP) is 4.89. The van der Waals surface area contributed by atoms with Crippen LogP contribution in [0.5, 0.6) is 0 Å². The number of carbonyl (C=O) groups excluding carboxylic acids is 1. The Morgan fingerprint density at radius 2 is 1.53 bits per heavy atom. The lowest BCUT2D eigenvalue weighted by atomic mass is 10.0. The Balaban J connectivity index is 0.000000390. The summed E-state index contributed by atoms with van der Waals surface area (Å²) in [5.74, 6) is -2.32. The van der Waals surface area contributed by atoms with Gasteiger partial charge in [-0.25, -0.2) is 9.59 Å². The Kier molecular flexibility index (Phi) is 8.24. The van der Waals surface area contributed by atoms with Crippen molar-refractivity contribution in [2.24, 2.45) is 0 Å². The van der Waals surface area contributed by atoms with Crippen LogP contribution in [0, 0.1) is 0 Å². The predicted molar refractivity (Wildman–Crippen MR) is 126 cm³/mol. The first-order valence-electron chi connectivity index (χ1n) is 10.0. The number of carboxylic acids is 2. The third-order valence-electron chi connectivity index (χ3n) is 5.18. The molecule has 8 heteroatoms. The standard InChI is InChI=1S/C20H24N2OS.C4H4O4/c1-6-17(23)14-11-12-16-19(13-14)24-18-10-8-7-9-15(18)22(16)20(2,3)21(4)5;5-3(6)1-2-4(7)8/h7-13H,6H2,1-5H3;1-2H,(H,5,6)(H,7,8)/b;2-1-. The first kappa shape index (κ1) is 25.2. The van der Waals surface area contributed by atoms with Crippen molar-refractivity contribution in [2.75, 3.05) is 19.0 Å². The summed E-state index contributed by atoms with van der Waals surface area (Å²) in [5.41, 5.74) is 2.97. The number of para-hydroxylation sites is 1. The van der Waals surface area contributed by atoms with Crippen LogP contribution >= 0.6 is 11.8 Å². The molecule has 1 heterocycles. The van der Waals surface area contributed by atoms with Gasteiger partial charge in [-0.3, -0.25) is 9.69 Å². The van der Waals surface area contributed by atoms with Gasteiger partial charge in [0.25, 0.3) is 0 Å². The van der Waals surface area contributed by atoms with Crippen LogP contribution in [0.1, 0.15) is 37.6 Å². The maximum atomic E-state index is 12.1. The first-order chi connectivity index (χ1) is 15.0. The van der Waals surface area contributed by atoms with Crippen LogP contribution < -0.4 is 4.90 Å². The van der Waals surface area contributed by atoms with Crippen LogP contribution in [-0.4, -0.2) is 52.6 Å². The topological polar surface area (TPSA) is 98.2 Å². The molecule has 7 nitrogen and oxygen atoms in total. The number of benzene rings is 2. The minimum atomic E-state index is -1.26. The smallest absolute Gasteiger partial charge is 0.328 e. The summed E-state index contributed by atoms with van der Waals surface area (Å²) in [6, 6.07) is 14.6. The lowest BCUT2D eigenvalue weighted by Crippen LogP contribution is -2.52. The molecular formula is C24H28N2O5S. The van der Waals surface area contributed by atoms with Crippen molar-refractivity contribution in [2.45, 2.75) is 42.6 Å². The monoisotopic (exact) mass is 456 g/mol. The zero-order valence-electron chi connectivity index (χ0n) is 18.8. The molecule has 1 aliphatic heterocycles. The number of aliphatic carboxylic acids is 2. The summed E-state index contributed by atoms with van der Waals surface area (Å²) in [5, 5.41) is 15.6. The van der Waals surface area contributed by atoms with Crippen molar-refractivity contribution in [3.63, 3.8) is 0 Å². The molecule has 0 aliphatic carbocycles. The molecule has 0 amide bonds. The van der Waals surface area contributed by atoms with E-state index in [0.717, 1.165) is 16.1 Å². The third-order valence-corrected chi connectivity index (χ3v) is 6.29. The molecule has 0 atom stereocenters. The molecule has 2 N–H and O–H groups in total. The van der Waals surface area contributed by atoms with E-state index in [-0.39, 0.29) is 11.4 Å². The summed E-state index contributed by atoms with van der Waals surface area (Å²) in [6.45, 7) is 6.34. The number of fused-ring (bicyclic) bond motifs is 2. The maximum absolute atomic E-state index is 12.1. The fraction of sp³-hybridized carbons (Fsp3) is 0.292. The molecule has 1 aliphatic rings. The molecule has 3 rings (SSSR count). The highest BCUT2D eigenvalue weighted by atomic mass is 32.2. The van der Waals surface area contributed by atoms with E-state index in [1.165, 1.54) is 10.6 Å². The van der Waals surface area contributed by atoms with Crippen molar-refractivity contribution >= 4 is 40.9 Å². The van der Waals surface area contributed by atoms with Crippen LogP contribution in [0.2, 0.25) is 0 Å². The molecule has 2 aromatic rings. The van der Waals surface area contributed by atoms with E-state index in [0.29, 0.717) is 18.6 Å². The number of carboxylic acid groups (broad SMARTS) is 2. The second kappa shape index (κ2) is 10.5. The van der Waals surface area contributed by atoms with Crippen molar-refractivity contribution in [1.82, 2.24) is 4.90 Å². The van der Waals surface area contributed by atoms with E-state index in [1.807, 2.05) is 19.1 Å². The van der Waals surface area contributed by atoms with E-state index < -0.39 is 11.9 Å². The lowest BCUT2D eigenvalue weighted by molar-refractivity contribution is -0.134. The van der Waals surface area contributed by atoms with Crippen LogP contribution in [0.15, 0.2) is 64.4 Å². The van der Waals surface area contributed by atoms with E-state index >= 15 is 0 Å². The highest BCUT2D eigenvalue weighted by Gasteiger charge is 2.36. The average molecular weight is 457 g/mol. The van der Waals surface area contributed by atoms with E-state index in [2.05, 4.69) is 68.1 Å². The molecule has 0 saturated carbocycles. The molecule has 0 saturated heterocycles. The molecule has 0 spiro atoms. The number of carbonyl (C=O) groups is 3. The number of hydrogen-bond donors (Lipinski definition) is 2. The Morgan fingerprint density at radius 3 is 2.06 bits per heavy atom. The van der Waals surface area contributed by atoms with E-state index in [1.54, 1.807) is 11.8 Å². The molecule has 2 aromatic carbocycles. The Bertz CT molecular complexity index is 1030. The van der Waals surface area contributed by atoms with Crippen molar-refractivity contribution in [3.05, 3.63) is 60.2 Å². The molecule has 0 bridgehead atoms. The highest BCUT2D eigenvalue weighted by Crippen LogP contribution is 2.51. The largest absolute Gasteiger partial charge is 0.478 e.